The Kier molecular flexibility index (Phi) is 6.55. The average molecular weight is 524 g/mol. The van der Waals surface area contributed by atoms with Crippen LogP contribution in [0.4, 0.5) is 11.4 Å². The minimum absolute atomic E-state index is 0.167. The summed E-state index contributed by atoms with van der Waals surface area (Å²) in [6.45, 7) is 16.9. The van der Waals surface area contributed by atoms with Crippen LogP contribution in [0.15, 0.2) is 72.2 Å². The van der Waals surface area contributed by atoms with Crippen molar-refractivity contribution in [3.63, 3.8) is 0 Å². The van der Waals surface area contributed by atoms with E-state index in [4.69, 9.17) is 9.73 Å². The Hall–Kier alpha value is -3.31. The maximum Gasteiger partial charge on any atom is 0.216 e. The zero-order valence-electron chi connectivity index (χ0n) is 24.2. The third kappa shape index (κ3) is 4.47. The summed E-state index contributed by atoms with van der Waals surface area (Å²) in [6, 6.07) is 21.0. The van der Waals surface area contributed by atoms with E-state index in [0.717, 1.165) is 18.0 Å². The SMILES string of the molecule is C=CCN(C)c1ccc2c(c1)[Si](C)(C)c1cc(N(C)C)ccc1C2c1ccc(C2=NC(C)(C)CO2)cc1C. The number of benzene rings is 3. The molecular formula is C33H41N3OSi. The van der Waals surface area contributed by atoms with Crippen molar-refractivity contribution >= 4 is 35.7 Å². The summed E-state index contributed by atoms with van der Waals surface area (Å²) >= 11 is 0. The topological polar surface area (TPSA) is 28.1 Å². The molecule has 2 aliphatic rings. The van der Waals surface area contributed by atoms with Gasteiger partial charge in [-0.2, -0.15) is 0 Å². The van der Waals surface area contributed by atoms with Crippen molar-refractivity contribution in [2.75, 3.05) is 44.1 Å². The third-order valence-corrected chi connectivity index (χ3v) is 11.8. The number of likely N-dealkylation sites (N-methyl/N-ethyl adjacent to an activating group) is 1. The van der Waals surface area contributed by atoms with Crippen molar-refractivity contribution in [1.82, 2.24) is 0 Å². The lowest BCUT2D eigenvalue weighted by Crippen LogP contribution is -2.59. The van der Waals surface area contributed by atoms with E-state index in [1.165, 1.54) is 44.0 Å². The molecule has 1 unspecified atom stereocenters. The summed E-state index contributed by atoms with van der Waals surface area (Å²) in [5.41, 5.74) is 8.91. The van der Waals surface area contributed by atoms with Crippen LogP contribution >= 0.6 is 0 Å². The molecule has 0 aliphatic carbocycles. The van der Waals surface area contributed by atoms with Crippen molar-refractivity contribution < 1.29 is 4.74 Å². The van der Waals surface area contributed by atoms with E-state index >= 15 is 0 Å². The van der Waals surface area contributed by atoms with Crippen molar-refractivity contribution in [1.29, 1.82) is 0 Å². The second-order valence-electron chi connectivity index (χ2n) is 12.3. The number of anilines is 2. The van der Waals surface area contributed by atoms with Gasteiger partial charge in [0.1, 0.15) is 14.7 Å². The van der Waals surface area contributed by atoms with E-state index in [0.29, 0.717) is 6.61 Å². The highest BCUT2D eigenvalue weighted by Crippen LogP contribution is 2.39. The van der Waals surface area contributed by atoms with Gasteiger partial charge in [-0.3, -0.25) is 0 Å². The molecule has 0 fully saturated rings. The lowest BCUT2D eigenvalue weighted by molar-refractivity contribution is 0.279. The molecule has 0 amide bonds. The molecule has 5 rings (SSSR count). The molecule has 2 aliphatic heterocycles. The number of fused-ring (bicyclic) bond motifs is 2. The van der Waals surface area contributed by atoms with Crippen LogP contribution in [-0.2, 0) is 4.74 Å². The molecule has 38 heavy (non-hydrogen) atoms. The molecule has 3 aromatic rings. The molecule has 198 valence electrons. The van der Waals surface area contributed by atoms with Crippen LogP contribution in [0.25, 0.3) is 0 Å². The third-order valence-electron chi connectivity index (χ3n) is 8.20. The molecule has 5 heteroatoms. The van der Waals surface area contributed by atoms with Gasteiger partial charge in [-0.05, 0) is 89.8 Å². The predicted molar refractivity (Wildman–Crippen MR) is 166 cm³/mol. The van der Waals surface area contributed by atoms with E-state index in [-0.39, 0.29) is 11.5 Å². The van der Waals surface area contributed by atoms with Crippen LogP contribution in [0.2, 0.25) is 13.1 Å². The monoisotopic (exact) mass is 523 g/mol. The Labute approximate surface area is 229 Å². The first kappa shape index (κ1) is 26.3. The molecule has 0 bridgehead atoms. The highest BCUT2D eigenvalue weighted by atomic mass is 28.3. The molecule has 0 saturated carbocycles. The van der Waals surface area contributed by atoms with Gasteiger partial charge in [-0.25, -0.2) is 4.99 Å². The molecule has 0 aromatic heterocycles. The van der Waals surface area contributed by atoms with E-state index in [2.05, 4.69) is 126 Å². The quantitative estimate of drug-likeness (QED) is 0.313. The van der Waals surface area contributed by atoms with E-state index in [1.54, 1.807) is 0 Å². The lowest BCUT2D eigenvalue weighted by Gasteiger charge is -2.40. The van der Waals surface area contributed by atoms with Gasteiger partial charge in [0.05, 0.1) is 5.54 Å². The second kappa shape index (κ2) is 9.46. The van der Waals surface area contributed by atoms with Crippen LogP contribution in [-0.4, -0.2) is 53.8 Å². The van der Waals surface area contributed by atoms with Gasteiger partial charge in [-0.15, -0.1) is 6.58 Å². The van der Waals surface area contributed by atoms with Gasteiger partial charge in [0.25, 0.3) is 0 Å². The van der Waals surface area contributed by atoms with Crippen LogP contribution in [0.3, 0.4) is 0 Å². The molecule has 2 heterocycles. The Morgan fingerprint density at radius 2 is 1.55 bits per heavy atom. The average Bonchev–Trinajstić information content (AvgIpc) is 3.24. The number of aryl methyl sites for hydroxylation is 1. The molecule has 0 N–H and O–H groups in total. The van der Waals surface area contributed by atoms with Crippen molar-refractivity contribution in [3.8, 4) is 0 Å². The van der Waals surface area contributed by atoms with Crippen molar-refractivity contribution in [2.24, 2.45) is 4.99 Å². The van der Waals surface area contributed by atoms with Gasteiger partial charge < -0.3 is 14.5 Å². The van der Waals surface area contributed by atoms with Gasteiger partial charge in [0.2, 0.25) is 5.90 Å². The summed E-state index contributed by atoms with van der Waals surface area (Å²) in [5, 5.41) is 3.05. The first-order valence-corrected chi connectivity index (χ1v) is 16.5. The minimum Gasteiger partial charge on any atom is -0.475 e. The first-order valence-electron chi connectivity index (χ1n) is 13.5. The largest absolute Gasteiger partial charge is 0.475 e. The van der Waals surface area contributed by atoms with Crippen molar-refractivity contribution in [2.45, 2.75) is 45.3 Å². The van der Waals surface area contributed by atoms with Crippen LogP contribution in [0, 0.1) is 6.92 Å². The molecule has 0 spiro atoms. The fourth-order valence-corrected chi connectivity index (χ4v) is 9.21. The van der Waals surface area contributed by atoms with E-state index in [1.807, 2.05) is 6.08 Å². The number of rotatable bonds is 6. The minimum atomic E-state index is -1.97. The maximum absolute atomic E-state index is 5.96. The fraction of sp³-hybridized carbons (Fsp3) is 0.364. The Morgan fingerprint density at radius 3 is 2.11 bits per heavy atom. The van der Waals surface area contributed by atoms with Gasteiger partial charge in [-0.1, -0.05) is 37.4 Å². The molecule has 1 atom stereocenters. The summed E-state index contributed by atoms with van der Waals surface area (Å²) in [4.78, 5) is 9.31. The molecule has 3 aromatic carbocycles. The Bertz CT molecular complexity index is 1440. The molecular weight excluding hydrogens is 482 g/mol. The number of ether oxygens (including phenoxy) is 1. The zero-order chi connectivity index (χ0) is 27.4. The van der Waals surface area contributed by atoms with Gasteiger partial charge >= 0.3 is 0 Å². The highest BCUT2D eigenvalue weighted by molar-refractivity contribution is 7.01. The summed E-state index contributed by atoms with van der Waals surface area (Å²) in [5.74, 6) is 0.945. The fourth-order valence-electron chi connectivity index (χ4n) is 6.00. The molecule has 0 radical (unpaired) electrons. The van der Waals surface area contributed by atoms with E-state index in [9.17, 15) is 0 Å². The number of aliphatic imine (C=N–C) groups is 1. The van der Waals surface area contributed by atoms with Crippen LogP contribution in [0.1, 0.15) is 47.6 Å². The molecule has 4 nitrogen and oxygen atoms in total. The van der Waals surface area contributed by atoms with Gasteiger partial charge in [0.15, 0.2) is 0 Å². The van der Waals surface area contributed by atoms with Gasteiger partial charge in [0, 0.05) is 50.5 Å². The number of nitrogens with zero attached hydrogens (tertiary/aromatic N) is 3. The number of hydrogen-bond acceptors (Lipinski definition) is 4. The Morgan fingerprint density at radius 1 is 0.947 bits per heavy atom. The number of hydrogen-bond donors (Lipinski definition) is 0. The highest BCUT2D eigenvalue weighted by Gasteiger charge is 2.40. The Balaban J connectivity index is 1.69. The predicted octanol–water partition coefficient (Wildman–Crippen LogP) is 5.55. The summed E-state index contributed by atoms with van der Waals surface area (Å²) < 4.78 is 5.96. The second-order valence-corrected chi connectivity index (χ2v) is 16.6. The van der Waals surface area contributed by atoms with Crippen molar-refractivity contribution in [3.05, 3.63) is 95.1 Å². The zero-order valence-corrected chi connectivity index (χ0v) is 25.2. The summed E-state index contributed by atoms with van der Waals surface area (Å²) in [6.07, 6.45) is 1.97. The smallest absolute Gasteiger partial charge is 0.216 e. The van der Waals surface area contributed by atoms with Crippen LogP contribution in [0.5, 0.6) is 0 Å². The standard InChI is InChI=1S/C33H41N3OSi/c1-10-17-36(7)25-13-16-28-30(20-25)38(8,9)29-19-24(35(5)6)12-15-27(29)31(28)26-14-11-23(18-22(26)2)32-34-33(3,4)21-37-32/h10-16,18-20,31H,1,17,21H2,2-9H3. The normalized spacial score (nSPS) is 18.6. The first-order chi connectivity index (χ1) is 17.9. The van der Waals surface area contributed by atoms with Crippen LogP contribution < -0.4 is 20.2 Å². The van der Waals surface area contributed by atoms with E-state index < -0.39 is 8.07 Å². The molecule has 0 saturated heterocycles. The maximum atomic E-state index is 5.96. The summed E-state index contributed by atoms with van der Waals surface area (Å²) in [7, 11) is 4.44. The lowest BCUT2D eigenvalue weighted by atomic mass is 9.81.